The van der Waals surface area contributed by atoms with E-state index in [9.17, 15) is 8.42 Å². The van der Waals surface area contributed by atoms with Crippen molar-refractivity contribution in [3.63, 3.8) is 0 Å². The summed E-state index contributed by atoms with van der Waals surface area (Å²) in [7, 11) is -3.81. The third-order valence-corrected chi connectivity index (χ3v) is 4.22. The molecule has 0 saturated heterocycles. The van der Waals surface area contributed by atoms with Gasteiger partial charge in [0.15, 0.2) is 5.75 Å². The van der Waals surface area contributed by atoms with E-state index in [0.29, 0.717) is 12.4 Å². The van der Waals surface area contributed by atoms with Crippen molar-refractivity contribution in [3.8, 4) is 5.75 Å². The second-order valence-electron chi connectivity index (χ2n) is 4.34. The van der Waals surface area contributed by atoms with Crippen LogP contribution in [0.5, 0.6) is 5.75 Å². The summed E-state index contributed by atoms with van der Waals surface area (Å²) in [6.07, 6.45) is 3.45. The van der Waals surface area contributed by atoms with E-state index >= 15 is 0 Å². The molecule has 7 heteroatoms. The topological polar surface area (TPSA) is 69.4 Å². The van der Waals surface area contributed by atoms with Crippen LogP contribution in [0.4, 0.5) is 0 Å². The van der Waals surface area contributed by atoms with Gasteiger partial charge in [-0.25, -0.2) is 13.6 Å². The van der Waals surface area contributed by atoms with Crippen molar-refractivity contribution in [1.29, 1.82) is 0 Å². The van der Waals surface area contributed by atoms with E-state index in [1.54, 1.807) is 0 Å². The summed E-state index contributed by atoms with van der Waals surface area (Å²) in [5.41, 5.74) is 0. The van der Waals surface area contributed by atoms with Crippen LogP contribution in [-0.2, 0) is 10.0 Å². The summed E-state index contributed by atoms with van der Waals surface area (Å²) in [6, 6.07) is 2.49. The highest BCUT2D eigenvalue weighted by molar-refractivity contribution is 7.89. The molecule has 2 rings (SSSR count). The van der Waals surface area contributed by atoms with E-state index in [2.05, 4.69) is 0 Å². The van der Waals surface area contributed by atoms with Crippen LogP contribution in [0.2, 0.25) is 10.0 Å². The number of halogens is 2. The smallest absolute Gasteiger partial charge is 0.238 e. The zero-order valence-corrected chi connectivity index (χ0v) is 11.9. The molecule has 1 aromatic rings. The predicted octanol–water partition coefficient (Wildman–Crippen LogP) is 2.82. The molecule has 0 bridgehead atoms. The molecule has 0 spiro atoms. The zero-order valence-electron chi connectivity index (χ0n) is 9.53. The minimum absolute atomic E-state index is 0.118. The fourth-order valence-electron chi connectivity index (χ4n) is 1.57. The highest BCUT2D eigenvalue weighted by Gasteiger charge is 2.21. The van der Waals surface area contributed by atoms with Gasteiger partial charge in [0.05, 0.1) is 21.5 Å². The van der Waals surface area contributed by atoms with Crippen molar-refractivity contribution in [1.82, 2.24) is 0 Å². The summed E-state index contributed by atoms with van der Waals surface area (Å²) >= 11 is 11.9. The molecule has 2 N–H and O–H groups in total. The van der Waals surface area contributed by atoms with Gasteiger partial charge >= 0.3 is 0 Å². The summed E-state index contributed by atoms with van der Waals surface area (Å²) in [5.74, 6) is 1.05. The second-order valence-corrected chi connectivity index (χ2v) is 6.72. The number of nitrogens with two attached hydrogens (primary N) is 1. The first kappa shape index (κ1) is 13.9. The number of ether oxygens (including phenoxy) is 1. The molecule has 1 aliphatic rings. The lowest BCUT2D eigenvalue weighted by Crippen LogP contribution is -2.12. The molecule has 4 nitrogen and oxygen atoms in total. The van der Waals surface area contributed by atoms with Gasteiger partial charge in [-0.15, -0.1) is 0 Å². The Kier molecular flexibility index (Phi) is 4.06. The molecule has 1 saturated carbocycles. The van der Waals surface area contributed by atoms with Crippen molar-refractivity contribution in [3.05, 3.63) is 22.2 Å². The van der Waals surface area contributed by atoms with Gasteiger partial charge in [-0.1, -0.05) is 36.0 Å². The predicted molar refractivity (Wildman–Crippen MR) is 70.7 cm³/mol. The Hall–Kier alpha value is -0.490. The van der Waals surface area contributed by atoms with Gasteiger partial charge in [0.2, 0.25) is 10.0 Å². The fraction of sp³-hybridized carbons (Fsp3) is 0.455. The van der Waals surface area contributed by atoms with Crippen LogP contribution in [0.1, 0.15) is 19.3 Å². The lowest BCUT2D eigenvalue weighted by atomic mass is 10.3. The molecule has 0 radical (unpaired) electrons. The summed E-state index contributed by atoms with van der Waals surface area (Å²) in [6.45, 7) is 0.527. The van der Waals surface area contributed by atoms with Crippen LogP contribution < -0.4 is 9.88 Å². The van der Waals surface area contributed by atoms with Crippen molar-refractivity contribution < 1.29 is 13.2 Å². The normalized spacial score (nSPS) is 15.7. The van der Waals surface area contributed by atoms with E-state index < -0.39 is 10.0 Å². The monoisotopic (exact) mass is 309 g/mol. The Labute approximate surface area is 116 Å². The highest BCUT2D eigenvalue weighted by atomic mass is 35.5. The van der Waals surface area contributed by atoms with Crippen LogP contribution in [0.25, 0.3) is 0 Å². The number of rotatable bonds is 5. The second kappa shape index (κ2) is 5.25. The zero-order chi connectivity index (χ0) is 13.3. The van der Waals surface area contributed by atoms with Crippen LogP contribution in [0, 0.1) is 5.92 Å². The molecule has 1 aromatic carbocycles. The van der Waals surface area contributed by atoms with Gasteiger partial charge in [0, 0.05) is 0 Å². The maximum absolute atomic E-state index is 11.2. The van der Waals surface area contributed by atoms with Gasteiger partial charge in [0.25, 0.3) is 0 Å². The van der Waals surface area contributed by atoms with E-state index in [-0.39, 0.29) is 14.9 Å². The average Bonchev–Trinajstić information content (AvgIpc) is 3.04. The van der Waals surface area contributed by atoms with Crippen molar-refractivity contribution in [2.45, 2.75) is 24.2 Å². The van der Waals surface area contributed by atoms with Crippen molar-refractivity contribution in [2.24, 2.45) is 11.1 Å². The number of primary sulfonamides is 1. The Bertz CT molecular complexity index is 532. The molecule has 0 aromatic heterocycles. The summed E-state index contributed by atoms with van der Waals surface area (Å²) in [5, 5.41) is 5.32. The lowest BCUT2D eigenvalue weighted by molar-refractivity contribution is 0.302. The van der Waals surface area contributed by atoms with E-state index in [1.165, 1.54) is 25.0 Å². The Morgan fingerprint density at radius 3 is 2.28 bits per heavy atom. The molecule has 100 valence electrons. The molecule has 1 aliphatic carbocycles. The van der Waals surface area contributed by atoms with Crippen LogP contribution >= 0.6 is 23.2 Å². The Balaban J connectivity index is 2.15. The number of hydrogen-bond donors (Lipinski definition) is 1. The summed E-state index contributed by atoms with van der Waals surface area (Å²) in [4.78, 5) is -0.118. The number of hydrogen-bond acceptors (Lipinski definition) is 3. The van der Waals surface area contributed by atoms with Gasteiger partial charge in [0.1, 0.15) is 0 Å². The summed E-state index contributed by atoms with van der Waals surface area (Å²) < 4.78 is 27.8. The van der Waals surface area contributed by atoms with Crippen LogP contribution in [0.3, 0.4) is 0 Å². The molecular formula is C11H13Cl2NO3S. The van der Waals surface area contributed by atoms with Gasteiger partial charge < -0.3 is 4.74 Å². The minimum Gasteiger partial charge on any atom is -0.490 e. The van der Waals surface area contributed by atoms with Gasteiger partial charge in [-0.2, -0.15) is 0 Å². The maximum Gasteiger partial charge on any atom is 0.238 e. The quantitative estimate of drug-likeness (QED) is 0.909. The van der Waals surface area contributed by atoms with Crippen LogP contribution in [-0.4, -0.2) is 15.0 Å². The molecule has 1 fully saturated rings. The molecule has 0 atom stereocenters. The molecule has 0 amide bonds. The fourth-order valence-corrected chi connectivity index (χ4v) is 2.86. The standard InChI is InChI=1S/C11H13Cl2NO3S/c12-9-5-8(18(14,15)16)6-10(13)11(9)17-4-3-7-1-2-7/h5-7H,1-4H2,(H2,14,15,16). The van der Waals surface area contributed by atoms with E-state index in [0.717, 1.165) is 12.3 Å². The lowest BCUT2D eigenvalue weighted by Gasteiger charge is -2.11. The molecule has 0 unspecified atom stereocenters. The highest BCUT2D eigenvalue weighted by Crippen LogP contribution is 2.37. The SMILES string of the molecule is NS(=O)(=O)c1cc(Cl)c(OCCC2CC2)c(Cl)c1. The third-order valence-electron chi connectivity index (χ3n) is 2.77. The molecular weight excluding hydrogens is 297 g/mol. The molecule has 0 heterocycles. The minimum atomic E-state index is -3.81. The van der Waals surface area contributed by atoms with E-state index in [4.69, 9.17) is 33.1 Å². The largest absolute Gasteiger partial charge is 0.490 e. The first-order chi connectivity index (χ1) is 8.38. The molecule has 0 aliphatic heterocycles. The van der Waals surface area contributed by atoms with E-state index in [1.807, 2.05) is 0 Å². The Morgan fingerprint density at radius 1 is 1.28 bits per heavy atom. The van der Waals surface area contributed by atoms with Gasteiger partial charge in [-0.05, 0) is 24.5 Å². The maximum atomic E-state index is 11.2. The van der Waals surface area contributed by atoms with Crippen LogP contribution in [0.15, 0.2) is 17.0 Å². The first-order valence-electron chi connectivity index (χ1n) is 5.52. The third kappa shape index (κ3) is 3.51. The number of sulfonamides is 1. The number of benzene rings is 1. The average molecular weight is 310 g/mol. The van der Waals surface area contributed by atoms with Crippen molar-refractivity contribution in [2.75, 3.05) is 6.61 Å². The van der Waals surface area contributed by atoms with Crippen molar-refractivity contribution >= 4 is 33.2 Å². The van der Waals surface area contributed by atoms with Gasteiger partial charge in [-0.3, -0.25) is 0 Å². The first-order valence-corrected chi connectivity index (χ1v) is 7.83. The molecule has 18 heavy (non-hydrogen) atoms. The Morgan fingerprint density at radius 2 is 1.83 bits per heavy atom.